The molecule has 0 aromatic carbocycles. The van der Waals surface area contributed by atoms with Crippen molar-refractivity contribution < 1.29 is 20.6 Å². The van der Waals surface area contributed by atoms with Crippen LogP contribution in [0.3, 0.4) is 0 Å². The zero-order chi connectivity index (χ0) is 25.7. The van der Waals surface area contributed by atoms with Gasteiger partial charge in [0.15, 0.2) is 5.69 Å². The third kappa shape index (κ3) is 4.91. The Kier molecular flexibility index (Phi) is 5.62. The van der Waals surface area contributed by atoms with Gasteiger partial charge in [-0.3, -0.25) is 4.98 Å². The summed E-state index contributed by atoms with van der Waals surface area (Å²) in [5.41, 5.74) is -1.15. The minimum atomic E-state index is -4.57. The fraction of sp³-hybridized carbons (Fsp3) is 0.640. The number of fused-ring (bicyclic) bond motifs is 1. The van der Waals surface area contributed by atoms with E-state index < -0.39 is 18.4 Å². The molecule has 2 aromatic rings. The Morgan fingerprint density at radius 1 is 1.18 bits per heavy atom. The van der Waals surface area contributed by atoms with Gasteiger partial charge >= 0.3 is 6.18 Å². The first kappa shape index (κ1) is 21.1. The van der Waals surface area contributed by atoms with Crippen LogP contribution in [0.4, 0.5) is 19.0 Å². The molecule has 0 spiro atoms. The Morgan fingerprint density at radius 2 is 1.94 bits per heavy atom. The topological polar surface area (TPSA) is 63.2 Å². The normalized spacial score (nSPS) is 30.5. The van der Waals surface area contributed by atoms with E-state index in [4.69, 9.17) is 7.48 Å². The lowest BCUT2D eigenvalue weighted by Gasteiger charge is -2.40. The number of halogens is 3. The van der Waals surface area contributed by atoms with Crippen LogP contribution in [-0.4, -0.2) is 58.9 Å². The maximum absolute atomic E-state index is 13.3. The molecular formula is C25H32F3N5O. The molecule has 0 bridgehead atoms. The summed E-state index contributed by atoms with van der Waals surface area (Å²) in [5.74, 6) is 1.25. The van der Waals surface area contributed by atoms with E-state index in [1.807, 2.05) is 4.90 Å². The summed E-state index contributed by atoms with van der Waals surface area (Å²) < 4.78 is 63.4. The van der Waals surface area contributed by atoms with Crippen LogP contribution in [0.2, 0.25) is 0 Å². The number of ether oxygens (including phenoxy) is 1. The molecule has 1 aliphatic carbocycles. The molecule has 3 aliphatic rings. The van der Waals surface area contributed by atoms with Gasteiger partial charge in [0, 0.05) is 46.7 Å². The molecule has 0 radical (unpaired) electrons. The fourth-order valence-electron chi connectivity index (χ4n) is 5.61. The van der Waals surface area contributed by atoms with Gasteiger partial charge < -0.3 is 15.0 Å². The smallest absolute Gasteiger partial charge is 0.381 e. The average Bonchev–Trinajstić information content (AvgIpc) is 3.38. The van der Waals surface area contributed by atoms with Gasteiger partial charge in [-0.1, -0.05) is 13.8 Å². The van der Waals surface area contributed by atoms with Gasteiger partial charge in [0.1, 0.15) is 5.82 Å². The highest BCUT2D eigenvalue weighted by Gasteiger charge is 2.43. The third-order valence-electron chi connectivity index (χ3n) is 7.43. The summed E-state index contributed by atoms with van der Waals surface area (Å²) in [6.07, 6.45) is -0.920. The lowest BCUT2D eigenvalue weighted by Crippen LogP contribution is -2.42. The maximum atomic E-state index is 13.3. The van der Waals surface area contributed by atoms with Gasteiger partial charge in [-0.2, -0.15) is 13.2 Å². The van der Waals surface area contributed by atoms with Crippen LogP contribution in [-0.2, 0) is 10.9 Å². The summed E-state index contributed by atoms with van der Waals surface area (Å²) in [6, 6.07) is 6.16. The molecule has 5 rings (SSSR count). The predicted molar refractivity (Wildman–Crippen MR) is 123 cm³/mol. The van der Waals surface area contributed by atoms with E-state index >= 15 is 0 Å². The van der Waals surface area contributed by atoms with Gasteiger partial charge in [0.25, 0.3) is 0 Å². The predicted octanol–water partition coefficient (Wildman–Crippen LogP) is 4.74. The summed E-state index contributed by atoms with van der Waals surface area (Å²) in [7, 11) is 0. The molecule has 2 saturated heterocycles. The van der Waals surface area contributed by atoms with Crippen molar-refractivity contribution in [1.29, 1.82) is 0 Å². The van der Waals surface area contributed by atoms with Crippen LogP contribution in [0.1, 0.15) is 41.5 Å². The van der Waals surface area contributed by atoms with Crippen molar-refractivity contribution in [1.82, 2.24) is 20.1 Å². The zero-order valence-corrected chi connectivity index (χ0v) is 19.5. The lowest BCUT2D eigenvalue weighted by molar-refractivity contribution is -0.140. The van der Waals surface area contributed by atoms with E-state index in [-0.39, 0.29) is 28.6 Å². The Hall–Kier alpha value is -2.26. The van der Waals surface area contributed by atoms with Gasteiger partial charge in [-0.05, 0) is 66.7 Å². The van der Waals surface area contributed by atoms with E-state index in [9.17, 15) is 13.2 Å². The Balaban J connectivity index is 1.20. The molecule has 4 heterocycles. The van der Waals surface area contributed by atoms with Crippen molar-refractivity contribution in [3.8, 4) is 11.3 Å². The van der Waals surface area contributed by atoms with Crippen molar-refractivity contribution in [2.24, 2.45) is 23.2 Å². The summed E-state index contributed by atoms with van der Waals surface area (Å²) in [5, 5.41) is 11.5. The van der Waals surface area contributed by atoms with Crippen molar-refractivity contribution in [2.75, 3.05) is 38.1 Å². The number of hydrogen-bond acceptors (Lipinski definition) is 6. The Bertz CT molecular complexity index is 1070. The molecule has 1 N–H and O–H groups in total. The Morgan fingerprint density at radius 3 is 2.59 bits per heavy atom. The zero-order valence-electron chi connectivity index (χ0n) is 21.5. The third-order valence-corrected chi connectivity index (χ3v) is 7.43. The SMILES string of the molecule is [2H]C([2H])(C1CCOCC1(C)C)N1CC2CC(Nc3ccc(-c4cccnc4C(F)(F)F)nn3)CC2C1. The molecule has 3 fully saturated rings. The van der Waals surface area contributed by atoms with Crippen LogP contribution in [0.15, 0.2) is 30.5 Å². The molecule has 34 heavy (non-hydrogen) atoms. The molecule has 1 saturated carbocycles. The molecule has 3 atom stereocenters. The summed E-state index contributed by atoms with van der Waals surface area (Å²) in [6.45, 7) is 5.47. The van der Waals surface area contributed by atoms with Crippen LogP contribution in [0, 0.1) is 23.2 Å². The van der Waals surface area contributed by atoms with E-state index in [1.54, 1.807) is 6.07 Å². The van der Waals surface area contributed by atoms with Crippen molar-refractivity contribution in [3.05, 3.63) is 36.2 Å². The Labute approximate surface area is 201 Å². The minimum Gasteiger partial charge on any atom is -0.381 e. The van der Waals surface area contributed by atoms with Crippen molar-refractivity contribution >= 4 is 5.82 Å². The summed E-state index contributed by atoms with van der Waals surface area (Å²) >= 11 is 0. The molecule has 3 unspecified atom stereocenters. The molecule has 2 aromatic heterocycles. The monoisotopic (exact) mass is 477 g/mol. The van der Waals surface area contributed by atoms with Crippen molar-refractivity contribution in [2.45, 2.75) is 45.3 Å². The second kappa shape index (κ2) is 9.07. The first-order chi connectivity index (χ1) is 16.9. The number of aromatic nitrogens is 3. The number of anilines is 1. The molecular weight excluding hydrogens is 443 g/mol. The summed E-state index contributed by atoms with van der Waals surface area (Å²) in [4.78, 5) is 5.52. The molecule has 6 nitrogen and oxygen atoms in total. The number of pyridine rings is 1. The van der Waals surface area contributed by atoms with Crippen LogP contribution < -0.4 is 5.32 Å². The number of nitrogens with zero attached hydrogens (tertiary/aromatic N) is 4. The fourth-order valence-corrected chi connectivity index (χ4v) is 5.61. The first-order valence-corrected chi connectivity index (χ1v) is 11.9. The molecule has 0 amide bonds. The van der Waals surface area contributed by atoms with E-state index in [1.165, 1.54) is 18.2 Å². The van der Waals surface area contributed by atoms with E-state index in [0.29, 0.717) is 30.9 Å². The minimum absolute atomic E-state index is 0.0713. The largest absolute Gasteiger partial charge is 0.434 e. The number of alkyl halides is 3. The van der Waals surface area contributed by atoms with Gasteiger partial charge in [-0.25, -0.2) is 0 Å². The van der Waals surface area contributed by atoms with Crippen LogP contribution in [0.5, 0.6) is 0 Å². The second-order valence-electron chi connectivity index (χ2n) is 10.5. The van der Waals surface area contributed by atoms with Gasteiger partial charge in [0.05, 0.1) is 12.3 Å². The number of nitrogens with one attached hydrogen (secondary N) is 1. The van der Waals surface area contributed by atoms with E-state index in [2.05, 4.69) is 34.3 Å². The molecule has 2 aliphatic heterocycles. The first-order valence-electron chi connectivity index (χ1n) is 12.9. The number of rotatable bonds is 5. The highest BCUT2D eigenvalue weighted by Crippen LogP contribution is 2.41. The average molecular weight is 478 g/mol. The van der Waals surface area contributed by atoms with Crippen LogP contribution >= 0.6 is 0 Å². The van der Waals surface area contributed by atoms with Gasteiger partial charge in [0.2, 0.25) is 0 Å². The quantitative estimate of drug-likeness (QED) is 0.671. The van der Waals surface area contributed by atoms with Crippen LogP contribution in [0.25, 0.3) is 11.3 Å². The molecule has 9 heteroatoms. The van der Waals surface area contributed by atoms with Gasteiger partial charge in [-0.15, -0.1) is 10.2 Å². The highest BCUT2D eigenvalue weighted by molar-refractivity contribution is 5.62. The standard InChI is InChI=1S/C25H32F3N5O/c1-24(2)15-34-9-7-18(24)14-33-12-16-10-19(11-17(16)13-33)30-22-6-5-21(31-32-22)20-4-3-8-29-23(20)25(26,27)28/h3-6,8,16-19H,7,9-15H2,1-2H3,(H,30,32)/i14D2. The van der Waals surface area contributed by atoms with Crippen molar-refractivity contribution in [3.63, 3.8) is 0 Å². The maximum Gasteiger partial charge on any atom is 0.434 e. The highest BCUT2D eigenvalue weighted by atomic mass is 19.4. The molecule has 184 valence electrons. The number of likely N-dealkylation sites (tertiary alicyclic amines) is 1. The van der Waals surface area contributed by atoms with E-state index in [0.717, 1.165) is 38.5 Å². The number of hydrogen-bond donors (Lipinski definition) is 1. The lowest BCUT2D eigenvalue weighted by atomic mass is 9.76. The second-order valence-corrected chi connectivity index (χ2v) is 10.5.